The molecule has 3 aromatic heterocycles. The second-order valence-corrected chi connectivity index (χ2v) is 7.06. The first-order chi connectivity index (χ1) is 11.8. The molecule has 0 saturated heterocycles. The van der Waals surface area contributed by atoms with Crippen molar-refractivity contribution in [3.63, 3.8) is 0 Å². The molecule has 0 aromatic carbocycles. The maximum Gasteiger partial charge on any atom is 0.276 e. The van der Waals surface area contributed by atoms with Gasteiger partial charge in [0.05, 0.1) is 12.8 Å². The van der Waals surface area contributed by atoms with Crippen LogP contribution in [0.15, 0.2) is 50.9 Å². The smallest absolute Gasteiger partial charge is 0.276 e. The summed E-state index contributed by atoms with van der Waals surface area (Å²) < 4.78 is 10.7. The first-order valence-corrected chi connectivity index (χ1v) is 8.98. The molecule has 0 unspecified atom stereocenters. The van der Waals surface area contributed by atoms with Gasteiger partial charge in [0.15, 0.2) is 5.69 Å². The van der Waals surface area contributed by atoms with Crippen molar-refractivity contribution in [1.82, 2.24) is 10.1 Å². The lowest BCUT2D eigenvalue weighted by molar-refractivity contribution is 0.0723. The summed E-state index contributed by atoms with van der Waals surface area (Å²) in [6.07, 6.45) is 4.69. The number of carbonyl (C=O) groups is 1. The van der Waals surface area contributed by atoms with Crippen LogP contribution in [0.2, 0.25) is 0 Å². The van der Waals surface area contributed by atoms with Crippen LogP contribution in [0.1, 0.15) is 45.6 Å². The summed E-state index contributed by atoms with van der Waals surface area (Å²) in [5, 5.41) is 6.03. The zero-order valence-corrected chi connectivity index (χ0v) is 14.0. The normalized spacial score (nSPS) is 14.0. The van der Waals surface area contributed by atoms with Crippen molar-refractivity contribution in [2.75, 3.05) is 6.54 Å². The Bertz CT molecular complexity index is 788. The van der Waals surface area contributed by atoms with Crippen molar-refractivity contribution in [3.8, 4) is 0 Å². The topological polar surface area (TPSA) is 59.5 Å². The Kier molecular flexibility index (Phi) is 4.21. The third-order valence-electron chi connectivity index (χ3n) is 4.15. The van der Waals surface area contributed by atoms with Gasteiger partial charge in [0.25, 0.3) is 5.91 Å². The molecule has 5 nitrogen and oxygen atoms in total. The van der Waals surface area contributed by atoms with E-state index in [1.807, 2.05) is 23.6 Å². The molecule has 0 spiro atoms. The summed E-state index contributed by atoms with van der Waals surface area (Å²) in [5.74, 6) is 1.93. The highest BCUT2D eigenvalue weighted by Crippen LogP contribution is 2.40. The van der Waals surface area contributed by atoms with E-state index in [-0.39, 0.29) is 5.91 Å². The van der Waals surface area contributed by atoms with E-state index in [4.69, 9.17) is 8.94 Å². The molecular formula is C18H18N2O3S. The highest BCUT2D eigenvalue weighted by Gasteiger charge is 2.30. The fourth-order valence-electron chi connectivity index (χ4n) is 2.66. The SMILES string of the molecule is O=C(c1cc(C2CC2)on1)N(CCc1cccs1)Cc1ccco1. The lowest BCUT2D eigenvalue weighted by atomic mass is 10.2. The Hall–Kier alpha value is -2.34. The van der Waals surface area contributed by atoms with Crippen LogP contribution in [-0.4, -0.2) is 22.5 Å². The van der Waals surface area contributed by atoms with Crippen LogP contribution < -0.4 is 0 Å². The largest absolute Gasteiger partial charge is 0.467 e. The minimum absolute atomic E-state index is 0.112. The summed E-state index contributed by atoms with van der Waals surface area (Å²) in [6, 6.07) is 9.61. The first kappa shape index (κ1) is 15.2. The fraction of sp³-hybridized carbons (Fsp3) is 0.333. The van der Waals surface area contributed by atoms with Crippen molar-refractivity contribution < 1.29 is 13.7 Å². The summed E-state index contributed by atoms with van der Waals surface area (Å²) in [5.41, 5.74) is 0.384. The van der Waals surface area contributed by atoms with Gasteiger partial charge in [-0.1, -0.05) is 11.2 Å². The molecule has 3 aromatic rings. The van der Waals surface area contributed by atoms with E-state index in [1.54, 1.807) is 28.6 Å². The number of hydrogen-bond acceptors (Lipinski definition) is 5. The first-order valence-electron chi connectivity index (χ1n) is 8.10. The molecule has 0 aliphatic heterocycles. The monoisotopic (exact) mass is 342 g/mol. The Balaban J connectivity index is 1.49. The fourth-order valence-corrected chi connectivity index (χ4v) is 3.35. The number of carbonyl (C=O) groups excluding carboxylic acids is 1. The van der Waals surface area contributed by atoms with E-state index in [0.29, 0.717) is 24.7 Å². The Morgan fingerprint density at radius 1 is 1.33 bits per heavy atom. The molecule has 0 bridgehead atoms. The third kappa shape index (κ3) is 3.43. The average molecular weight is 342 g/mol. The second kappa shape index (κ2) is 6.65. The van der Waals surface area contributed by atoms with E-state index in [2.05, 4.69) is 11.2 Å². The molecule has 0 atom stereocenters. The number of nitrogens with zero attached hydrogens (tertiary/aromatic N) is 2. The van der Waals surface area contributed by atoms with Crippen LogP contribution in [0.4, 0.5) is 0 Å². The summed E-state index contributed by atoms with van der Waals surface area (Å²) in [4.78, 5) is 15.9. The summed E-state index contributed by atoms with van der Waals surface area (Å²) in [7, 11) is 0. The molecule has 4 rings (SSSR count). The number of rotatable bonds is 7. The summed E-state index contributed by atoms with van der Waals surface area (Å²) >= 11 is 1.70. The predicted octanol–water partition coefficient (Wildman–Crippen LogP) is 4.09. The van der Waals surface area contributed by atoms with Gasteiger partial charge in [-0.05, 0) is 42.8 Å². The van der Waals surface area contributed by atoms with Crippen LogP contribution in [0.3, 0.4) is 0 Å². The highest BCUT2D eigenvalue weighted by atomic mass is 32.1. The lowest BCUT2D eigenvalue weighted by Gasteiger charge is -2.20. The number of amides is 1. The van der Waals surface area contributed by atoms with Crippen LogP contribution in [0.25, 0.3) is 0 Å². The van der Waals surface area contributed by atoms with Gasteiger partial charge in [-0.25, -0.2) is 0 Å². The third-order valence-corrected chi connectivity index (χ3v) is 5.09. The highest BCUT2D eigenvalue weighted by molar-refractivity contribution is 7.09. The zero-order valence-electron chi connectivity index (χ0n) is 13.2. The minimum Gasteiger partial charge on any atom is -0.467 e. The predicted molar refractivity (Wildman–Crippen MR) is 89.9 cm³/mol. The number of hydrogen-bond donors (Lipinski definition) is 0. The molecule has 0 radical (unpaired) electrons. The van der Waals surface area contributed by atoms with E-state index in [0.717, 1.165) is 30.8 Å². The van der Waals surface area contributed by atoms with Gasteiger partial charge in [0, 0.05) is 23.4 Å². The van der Waals surface area contributed by atoms with Gasteiger partial charge < -0.3 is 13.8 Å². The molecule has 1 aliphatic carbocycles. The van der Waals surface area contributed by atoms with Crippen LogP contribution in [0.5, 0.6) is 0 Å². The van der Waals surface area contributed by atoms with E-state index in [1.165, 1.54) is 4.88 Å². The Morgan fingerprint density at radius 2 is 2.25 bits per heavy atom. The quantitative estimate of drug-likeness (QED) is 0.649. The van der Waals surface area contributed by atoms with Crippen molar-refractivity contribution in [1.29, 1.82) is 0 Å². The van der Waals surface area contributed by atoms with Crippen LogP contribution in [-0.2, 0) is 13.0 Å². The van der Waals surface area contributed by atoms with Gasteiger partial charge in [-0.2, -0.15) is 0 Å². The van der Waals surface area contributed by atoms with Crippen LogP contribution in [0, 0.1) is 0 Å². The molecule has 1 aliphatic rings. The lowest BCUT2D eigenvalue weighted by Crippen LogP contribution is -2.32. The molecule has 6 heteroatoms. The molecule has 1 saturated carbocycles. The summed E-state index contributed by atoms with van der Waals surface area (Å²) in [6.45, 7) is 1.05. The molecule has 1 fully saturated rings. The van der Waals surface area contributed by atoms with Crippen molar-refractivity contribution in [3.05, 3.63) is 64.1 Å². The van der Waals surface area contributed by atoms with Gasteiger partial charge in [0.2, 0.25) is 0 Å². The van der Waals surface area contributed by atoms with Crippen molar-refractivity contribution in [2.24, 2.45) is 0 Å². The molecule has 0 N–H and O–H groups in total. The van der Waals surface area contributed by atoms with Crippen molar-refractivity contribution >= 4 is 17.2 Å². The standard InChI is InChI=1S/C18H18N2O3S/c21-18(16-11-17(23-19-16)13-5-6-13)20(12-14-3-1-9-22-14)8-7-15-4-2-10-24-15/h1-4,9-11,13H,5-8,12H2. The number of aromatic nitrogens is 1. The molecule has 124 valence electrons. The maximum atomic E-state index is 12.9. The van der Waals surface area contributed by atoms with Gasteiger partial charge in [-0.3, -0.25) is 4.79 Å². The van der Waals surface area contributed by atoms with Crippen molar-refractivity contribution in [2.45, 2.75) is 31.7 Å². The van der Waals surface area contributed by atoms with E-state index >= 15 is 0 Å². The van der Waals surface area contributed by atoms with Gasteiger partial charge >= 0.3 is 0 Å². The van der Waals surface area contributed by atoms with E-state index < -0.39 is 0 Å². The Labute approximate surface area is 143 Å². The van der Waals surface area contributed by atoms with E-state index in [9.17, 15) is 4.79 Å². The van der Waals surface area contributed by atoms with Crippen LogP contribution >= 0.6 is 11.3 Å². The maximum absolute atomic E-state index is 12.9. The van der Waals surface area contributed by atoms with Gasteiger partial charge in [0.1, 0.15) is 11.5 Å². The number of furan rings is 1. The minimum atomic E-state index is -0.112. The zero-order chi connectivity index (χ0) is 16.4. The molecule has 1 amide bonds. The second-order valence-electron chi connectivity index (χ2n) is 6.02. The molecule has 24 heavy (non-hydrogen) atoms. The molecule has 3 heterocycles. The number of thiophene rings is 1. The van der Waals surface area contributed by atoms with Gasteiger partial charge in [-0.15, -0.1) is 11.3 Å². The Morgan fingerprint density at radius 3 is 2.96 bits per heavy atom. The molecular weight excluding hydrogens is 324 g/mol. The average Bonchev–Trinajstić information content (AvgIpc) is 3.06.